The van der Waals surface area contributed by atoms with Gasteiger partial charge in [0.2, 0.25) is 0 Å². The Kier molecular flexibility index (Phi) is 4.24. The van der Waals surface area contributed by atoms with Gasteiger partial charge in [-0.15, -0.1) is 0 Å². The van der Waals surface area contributed by atoms with Crippen molar-refractivity contribution in [2.75, 3.05) is 13.2 Å². The molecular weight excluding hydrogens is 242 g/mol. The lowest BCUT2D eigenvalue weighted by atomic mass is 9.88. The van der Waals surface area contributed by atoms with Gasteiger partial charge in [0.05, 0.1) is 19.1 Å². The van der Waals surface area contributed by atoms with Crippen LogP contribution in [0.1, 0.15) is 46.0 Å². The van der Waals surface area contributed by atoms with Gasteiger partial charge >= 0.3 is 6.11 Å². The Morgan fingerprint density at radius 3 is 2.44 bits per heavy atom. The molecule has 106 valence electrons. The molecule has 1 saturated carbocycles. The third-order valence-corrected chi connectivity index (χ3v) is 3.61. The quantitative estimate of drug-likeness (QED) is 0.779. The van der Waals surface area contributed by atoms with Crippen LogP contribution >= 0.6 is 0 Å². The first-order valence-corrected chi connectivity index (χ1v) is 6.73. The average Bonchev–Trinajstić information content (AvgIpc) is 2.68. The smallest absolute Gasteiger partial charge is 0.348 e. The molecule has 0 aromatic rings. The van der Waals surface area contributed by atoms with Crippen molar-refractivity contribution >= 4 is 0 Å². The second kappa shape index (κ2) is 5.39. The lowest BCUT2D eigenvalue weighted by Gasteiger charge is -2.30. The minimum atomic E-state index is -3.03. The van der Waals surface area contributed by atoms with E-state index in [2.05, 4.69) is 0 Å². The maximum atomic E-state index is 13.8. The van der Waals surface area contributed by atoms with Crippen molar-refractivity contribution in [3.8, 4) is 0 Å². The van der Waals surface area contributed by atoms with Gasteiger partial charge in [-0.25, -0.2) is 0 Å². The highest BCUT2D eigenvalue weighted by Crippen LogP contribution is 2.37. The Bertz CT molecular complexity index is 275. The summed E-state index contributed by atoms with van der Waals surface area (Å²) in [5.74, 6) is -1.32. The first-order chi connectivity index (χ1) is 8.39. The minimum Gasteiger partial charge on any atom is -0.348 e. The van der Waals surface area contributed by atoms with E-state index in [9.17, 15) is 8.78 Å². The van der Waals surface area contributed by atoms with Crippen LogP contribution in [0.3, 0.4) is 0 Å². The van der Waals surface area contributed by atoms with Crippen LogP contribution in [0.4, 0.5) is 8.78 Å². The summed E-state index contributed by atoms with van der Waals surface area (Å²) >= 11 is 0. The van der Waals surface area contributed by atoms with Gasteiger partial charge in [-0.1, -0.05) is 19.3 Å². The van der Waals surface area contributed by atoms with E-state index in [1.165, 1.54) is 0 Å². The van der Waals surface area contributed by atoms with Crippen LogP contribution in [0.2, 0.25) is 0 Å². The van der Waals surface area contributed by atoms with E-state index in [-0.39, 0.29) is 6.61 Å². The molecule has 1 heterocycles. The minimum absolute atomic E-state index is 0.104. The summed E-state index contributed by atoms with van der Waals surface area (Å²) in [5, 5.41) is 0. The molecule has 2 fully saturated rings. The second-order valence-corrected chi connectivity index (χ2v) is 5.66. The fourth-order valence-electron chi connectivity index (χ4n) is 2.61. The molecule has 2 aliphatic rings. The molecule has 2 rings (SSSR count). The van der Waals surface area contributed by atoms with Crippen molar-refractivity contribution in [2.24, 2.45) is 5.92 Å². The molecular formula is C13H22F2O3. The Labute approximate surface area is 107 Å². The van der Waals surface area contributed by atoms with E-state index >= 15 is 0 Å². The average molecular weight is 264 g/mol. The van der Waals surface area contributed by atoms with E-state index in [1.807, 2.05) is 0 Å². The maximum Gasteiger partial charge on any atom is 0.358 e. The molecule has 0 N–H and O–H groups in total. The molecule has 1 aliphatic carbocycles. The third-order valence-electron chi connectivity index (χ3n) is 3.61. The summed E-state index contributed by atoms with van der Waals surface area (Å²) in [6, 6.07) is 0. The van der Waals surface area contributed by atoms with Crippen molar-refractivity contribution in [3.63, 3.8) is 0 Å². The summed E-state index contributed by atoms with van der Waals surface area (Å²) in [5.41, 5.74) is 0. The van der Waals surface area contributed by atoms with Crippen LogP contribution in [-0.4, -0.2) is 31.2 Å². The standard InChI is InChI=1S/C13H22F2O3/c1-12(2)16-8-11(18-12)9-17-13(14,15)10-6-4-3-5-7-10/h10-11H,3-9H2,1-2H3. The van der Waals surface area contributed by atoms with E-state index in [1.54, 1.807) is 13.8 Å². The van der Waals surface area contributed by atoms with Crippen LogP contribution in [0.5, 0.6) is 0 Å². The van der Waals surface area contributed by atoms with Crippen LogP contribution in [0.25, 0.3) is 0 Å². The highest BCUT2D eigenvalue weighted by Gasteiger charge is 2.43. The summed E-state index contributed by atoms with van der Waals surface area (Å²) < 4.78 is 43.2. The van der Waals surface area contributed by atoms with E-state index in [4.69, 9.17) is 14.2 Å². The summed E-state index contributed by atoms with van der Waals surface area (Å²) in [6.07, 6.45) is 0.492. The Hall–Kier alpha value is -0.260. The molecule has 1 unspecified atom stereocenters. The molecule has 0 aromatic heterocycles. The van der Waals surface area contributed by atoms with Gasteiger partial charge in [-0.3, -0.25) is 0 Å². The zero-order chi connectivity index (χ0) is 13.2. The summed E-state index contributed by atoms with van der Waals surface area (Å²) in [4.78, 5) is 0. The molecule has 1 atom stereocenters. The molecule has 1 aliphatic heterocycles. The SMILES string of the molecule is CC1(C)OCC(COC(F)(F)C2CCCCC2)O1. The first-order valence-electron chi connectivity index (χ1n) is 6.73. The lowest BCUT2D eigenvalue weighted by molar-refractivity contribution is -0.286. The molecule has 0 spiro atoms. The number of hydrogen-bond acceptors (Lipinski definition) is 3. The van der Waals surface area contributed by atoms with Gasteiger partial charge in [0.25, 0.3) is 0 Å². The first kappa shape index (κ1) is 14.2. The third kappa shape index (κ3) is 3.62. The largest absolute Gasteiger partial charge is 0.358 e. The van der Waals surface area contributed by atoms with Crippen LogP contribution in [0, 0.1) is 5.92 Å². The van der Waals surface area contributed by atoms with Crippen molar-refractivity contribution in [1.29, 1.82) is 0 Å². The van der Waals surface area contributed by atoms with Crippen LogP contribution < -0.4 is 0 Å². The van der Waals surface area contributed by atoms with Crippen molar-refractivity contribution in [1.82, 2.24) is 0 Å². The molecule has 0 bridgehead atoms. The van der Waals surface area contributed by atoms with Gasteiger partial charge in [-0.05, 0) is 26.7 Å². The van der Waals surface area contributed by atoms with E-state index < -0.39 is 23.9 Å². The fraction of sp³-hybridized carbons (Fsp3) is 1.00. The number of rotatable bonds is 4. The predicted molar refractivity (Wildman–Crippen MR) is 62.4 cm³/mol. The Morgan fingerprint density at radius 2 is 1.89 bits per heavy atom. The van der Waals surface area contributed by atoms with Gasteiger partial charge in [0.15, 0.2) is 5.79 Å². The van der Waals surface area contributed by atoms with Crippen molar-refractivity contribution in [2.45, 2.75) is 64.0 Å². The normalized spacial score (nSPS) is 29.7. The van der Waals surface area contributed by atoms with Gasteiger partial charge in [-0.2, -0.15) is 8.78 Å². The topological polar surface area (TPSA) is 27.7 Å². The van der Waals surface area contributed by atoms with E-state index in [0.717, 1.165) is 19.3 Å². The Morgan fingerprint density at radius 1 is 1.22 bits per heavy atom. The lowest BCUT2D eigenvalue weighted by Crippen LogP contribution is -2.36. The molecule has 0 aromatic carbocycles. The number of alkyl halides is 2. The summed E-state index contributed by atoms with van der Waals surface area (Å²) in [7, 11) is 0. The zero-order valence-electron chi connectivity index (χ0n) is 11.1. The highest BCUT2D eigenvalue weighted by atomic mass is 19.3. The molecule has 3 nitrogen and oxygen atoms in total. The van der Waals surface area contributed by atoms with Gasteiger partial charge in [0, 0.05) is 0 Å². The number of halogens is 2. The predicted octanol–water partition coefficient (Wildman–Crippen LogP) is 3.33. The van der Waals surface area contributed by atoms with Gasteiger partial charge in [0.1, 0.15) is 6.10 Å². The molecule has 0 radical (unpaired) electrons. The fourth-order valence-corrected chi connectivity index (χ4v) is 2.61. The monoisotopic (exact) mass is 264 g/mol. The van der Waals surface area contributed by atoms with Gasteiger partial charge < -0.3 is 14.2 Å². The number of hydrogen-bond donors (Lipinski definition) is 0. The molecule has 18 heavy (non-hydrogen) atoms. The molecule has 5 heteroatoms. The molecule has 1 saturated heterocycles. The highest BCUT2D eigenvalue weighted by molar-refractivity contribution is 4.75. The van der Waals surface area contributed by atoms with Crippen LogP contribution in [0.15, 0.2) is 0 Å². The summed E-state index contributed by atoms with van der Waals surface area (Å²) in [6.45, 7) is 3.75. The maximum absolute atomic E-state index is 13.8. The second-order valence-electron chi connectivity index (χ2n) is 5.66. The van der Waals surface area contributed by atoms with Crippen LogP contribution in [-0.2, 0) is 14.2 Å². The van der Waals surface area contributed by atoms with Crippen molar-refractivity contribution in [3.05, 3.63) is 0 Å². The van der Waals surface area contributed by atoms with Crippen molar-refractivity contribution < 1.29 is 23.0 Å². The zero-order valence-corrected chi connectivity index (χ0v) is 11.1. The molecule has 0 amide bonds. The Balaban J connectivity index is 1.78. The van der Waals surface area contributed by atoms with E-state index in [0.29, 0.717) is 19.4 Å². The number of ether oxygens (including phenoxy) is 3.